The van der Waals surface area contributed by atoms with Gasteiger partial charge in [-0.05, 0) is 31.5 Å². The summed E-state index contributed by atoms with van der Waals surface area (Å²) in [5.41, 5.74) is 6.14. The first-order valence-electron chi connectivity index (χ1n) is 5.70. The van der Waals surface area contributed by atoms with E-state index in [1.165, 1.54) is 4.90 Å². The summed E-state index contributed by atoms with van der Waals surface area (Å²) in [5.74, 6) is 0.387. The Bertz CT molecular complexity index is 532. The van der Waals surface area contributed by atoms with Gasteiger partial charge < -0.3 is 10.5 Å². The molecule has 1 aromatic rings. The van der Waals surface area contributed by atoms with Crippen molar-refractivity contribution in [1.82, 2.24) is 0 Å². The summed E-state index contributed by atoms with van der Waals surface area (Å²) in [5, 5.41) is 8.85. The number of amides is 1. The van der Waals surface area contributed by atoms with Gasteiger partial charge in [-0.2, -0.15) is 5.26 Å². The third-order valence-electron chi connectivity index (χ3n) is 2.90. The van der Waals surface area contributed by atoms with Gasteiger partial charge in [-0.25, -0.2) is 0 Å². The van der Waals surface area contributed by atoms with Crippen molar-refractivity contribution in [2.75, 3.05) is 11.4 Å². The van der Waals surface area contributed by atoms with Crippen LogP contribution in [0.25, 0.3) is 0 Å². The molecule has 2 rings (SSSR count). The fraction of sp³-hybridized carbons (Fsp3) is 0.385. The summed E-state index contributed by atoms with van der Waals surface area (Å²) in [6.45, 7) is 3.77. The van der Waals surface area contributed by atoms with Crippen molar-refractivity contribution >= 4 is 11.6 Å². The number of hydrogen-bond acceptors (Lipinski definition) is 4. The van der Waals surface area contributed by atoms with Gasteiger partial charge in [0.2, 0.25) is 0 Å². The first kappa shape index (κ1) is 12.4. The molecule has 0 unspecified atom stereocenters. The maximum Gasteiger partial charge on any atom is 0.271 e. The smallest absolute Gasteiger partial charge is 0.271 e. The summed E-state index contributed by atoms with van der Waals surface area (Å²) in [7, 11) is 0. The highest BCUT2D eigenvalue weighted by Crippen LogP contribution is 2.38. The van der Waals surface area contributed by atoms with E-state index < -0.39 is 5.60 Å². The number of nitriles is 1. The van der Waals surface area contributed by atoms with Crippen LogP contribution in [0.3, 0.4) is 0 Å². The Labute approximate surface area is 106 Å². The van der Waals surface area contributed by atoms with Gasteiger partial charge in [-0.15, -0.1) is 0 Å². The lowest BCUT2D eigenvalue weighted by Gasteiger charge is -2.37. The Morgan fingerprint density at radius 2 is 2.22 bits per heavy atom. The molecule has 2 N–H and O–H groups in total. The standard InChI is InChI=1S/C13H15N3O2/c1-13(2)12(17)16(6-5-14)10-7-9(8-15)3-4-11(10)18-13/h3-4,7H,6,8,15H2,1-2H3. The zero-order chi connectivity index (χ0) is 13.3. The second-order valence-electron chi connectivity index (χ2n) is 4.67. The number of anilines is 1. The van der Waals surface area contributed by atoms with Gasteiger partial charge >= 0.3 is 0 Å². The molecule has 94 valence electrons. The van der Waals surface area contributed by atoms with E-state index >= 15 is 0 Å². The average Bonchev–Trinajstić information content (AvgIpc) is 2.34. The van der Waals surface area contributed by atoms with Crippen LogP contribution in [0, 0.1) is 11.3 Å². The summed E-state index contributed by atoms with van der Waals surface area (Å²) >= 11 is 0. The van der Waals surface area contributed by atoms with E-state index in [1.54, 1.807) is 26.0 Å². The number of benzene rings is 1. The van der Waals surface area contributed by atoms with E-state index in [9.17, 15) is 4.79 Å². The predicted octanol–water partition coefficient (Wildman–Crippen LogP) is 1.17. The van der Waals surface area contributed by atoms with Gasteiger partial charge in [-0.1, -0.05) is 6.07 Å². The minimum Gasteiger partial charge on any atom is -0.476 e. The van der Waals surface area contributed by atoms with Crippen molar-refractivity contribution in [3.8, 4) is 11.8 Å². The topological polar surface area (TPSA) is 79.3 Å². The Morgan fingerprint density at radius 3 is 2.83 bits per heavy atom. The highest BCUT2D eigenvalue weighted by molar-refractivity contribution is 6.02. The van der Waals surface area contributed by atoms with Crippen LogP contribution < -0.4 is 15.4 Å². The molecule has 0 aliphatic carbocycles. The highest BCUT2D eigenvalue weighted by Gasteiger charge is 2.40. The number of carbonyl (C=O) groups excluding carboxylic acids is 1. The Hall–Kier alpha value is -2.06. The van der Waals surface area contributed by atoms with E-state index in [0.717, 1.165) is 5.56 Å². The number of rotatable bonds is 2. The minimum absolute atomic E-state index is 0.00660. The molecule has 0 atom stereocenters. The minimum atomic E-state index is -0.950. The summed E-state index contributed by atoms with van der Waals surface area (Å²) < 4.78 is 5.67. The maximum absolute atomic E-state index is 12.2. The van der Waals surface area contributed by atoms with Gasteiger partial charge in [0, 0.05) is 6.54 Å². The monoisotopic (exact) mass is 245 g/mol. The van der Waals surface area contributed by atoms with Crippen molar-refractivity contribution in [1.29, 1.82) is 5.26 Å². The van der Waals surface area contributed by atoms with Crippen LogP contribution in [0.4, 0.5) is 5.69 Å². The zero-order valence-corrected chi connectivity index (χ0v) is 10.4. The molecule has 0 aromatic heterocycles. The molecule has 1 aliphatic rings. The van der Waals surface area contributed by atoms with Crippen molar-refractivity contribution in [3.63, 3.8) is 0 Å². The van der Waals surface area contributed by atoms with E-state index in [2.05, 4.69) is 0 Å². The second-order valence-corrected chi connectivity index (χ2v) is 4.67. The molecule has 0 bridgehead atoms. The first-order chi connectivity index (χ1) is 8.49. The largest absolute Gasteiger partial charge is 0.476 e. The predicted molar refractivity (Wildman–Crippen MR) is 67.0 cm³/mol. The number of hydrogen-bond donors (Lipinski definition) is 1. The number of fused-ring (bicyclic) bond motifs is 1. The van der Waals surface area contributed by atoms with Crippen LogP contribution >= 0.6 is 0 Å². The van der Waals surface area contributed by atoms with Crippen LogP contribution in [0.1, 0.15) is 19.4 Å². The quantitative estimate of drug-likeness (QED) is 0.793. The molecule has 5 heteroatoms. The summed E-state index contributed by atoms with van der Waals surface area (Å²) in [6.07, 6.45) is 0. The zero-order valence-electron chi connectivity index (χ0n) is 10.4. The van der Waals surface area contributed by atoms with Crippen LogP contribution in [-0.2, 0) is 11.3 Å². The molecule has 5 nitrogen and oxygen atoms in total. The van der Waals surface area contributed by atoms with Crippen LogP contribution in [0.15, 0.2) is 18.2 Å². The number of nitrogens with zero attached hydrogens (tertiary/aromatic N) is 2. The Balaban J connectivity index is 2.53. The van der Waals surface area contributed by atoms with E-state index in [0.29, 0.717) is 18.0 Å². The SMILES string of the molecule is CC1(C)Oc2ccc(CN)cc2N(CC#N)C1=O. The Morgan fingerprint density at radius 1 is 1.50 bits per heavy atom. The van der Waals surface area contributed by atoms with E-state index in [1.807, 2.05) is 12.1 Å². The molecule has 0 spiro atoms. The molecule has 0 fully saturated rings. The lowest BCUT2D eigenvalue weighted by Crippen LogP contribution is -2.52. The number of ether oxygens (including phenoxy) is 1. The average molecular weight is 245 g/mol. The van der Waals surface area contributed by atoms with Crippen LogP contribution in [-0.4, -0.2) is 18.1 Å². The molecule has 0 radical (unpaired) electrons. The summed E-state index contributed by atoms with van der Waals surface area (Å²) in [4.78, 5) is 13.7. The second kappa shape index (κ2) is 4.31. The fourth-order valence-electron chi connectivity index (χ4n) is 1.97. The molecule has 1 amide bonds. The third kappa shape index (κ3) is 1.91. The molecular formula is C13H15N3O2. The molecular weight excluding hydrogens is 230 g/mol. The highest BCUT2D eigenvalue weighted by atomic mass is 16.5. The molecule has 18 heavy (non-hydrogen) atoms. The van der Waals surface area contributed by atoms with Gasteiger partial charge in [0.15, 0.2) is 5.60 Å². The Kier molecular flexibility index (Phi) is 2.97. The number of carbonyl (C=O) groups is 1. The molecule has 1 heterocycles. The van der Waals surface area contributed by atoms with Gasteiger partial charge in [0.1, 0.15) is 12.3 Å². The van der Waals surface area contributed by atoms with Crippen LogP contribution in [0.5, 0.6) is 5.75 Å². The van der Waals surface area contributed by atoms with Crippen molar-refractivity contribution in [2.24, 2.45) is 5.73 Å². The fourth-order valence-corrected chi connectivity index (χ4v) is 1.97. The molecule has 1 aliphatic heterocycles. The van der Waals surface area contributed by atoms with Crippen molar-refractivity contribution in [3.05, 3.63) is 23.8 Å². The maximum atomic E-state index is 12.2. The lowest BCUT2D eigenvalue weighted by molar-refractivity contribution is -0.132. The summed E-state index contributed by atoms with van der Waals surface area (Å²) in [6, 6.07) is 7.44. The van der Waals surface area contributed by atoms with Gasteiger partial charge in [-0.3, -0.25) is 9.69 Å². The number of nitrogens with two attached hydrogens (primary N) is 1. The van der Waals surface area contributed by atoms with Crippen LogP contribution in [0.2, 0.25) is 0 Å². The van der Waals surface area contributed by atoms with E-state index in [4.69, 9.17) is 15.7 Å². The normalized spacial score (nSPS) is 16.8. The third-order valence-corrected chi connectivity index (χ3v) is 2.90. The first-order valence-corrected chi connectivity index (χ1v) is 5.70. The van der Waals surface area contributed by atoms with E-state index in [-0.39, 0.29) is 12.5 Å². The van der Waals surface area contributed by atoms with Gasteiger partial charge in [0.05, 0.1) is 11.8 Å². The van der Waals surface area contributed by atoms with Crippen molar-refractivity contribution < 1.29 is 9.53 Å². The van der Waals surface area contributed by atoms with Gasteiger partial charge in [0.25, 0.3) is 5.91 Å². The molecule has 0 saturated heterocycles. The lowest BCUT2D eigenvalue weighted by atomic mass is 10.0. The molecule has 0 saturated carbocycles. The van der Waals surface area contributed by atoms with Crippen molar-refractivity contribution in [2.45, 2.75) is 26.0 Å². The molecule has 1 aromatic carbocycles.